The summed E-state index contributed by atoms with van der Waals surface area (Å²) in [6.45, 7) is 3.76. The van der Waals surface area contributed by atoms with E-state index in [0.29, 0.717) is 11.6 Å². The molecule has 1 atom stereocenters. The molecule has 0 spiro atoms. The van der Waals surface area contributed by atoms with Crippen molar-refractivity contribution in [1.29, 1.82) is 0 Å². The van der Waals surface area contributed by atoms with Crippen LogP contribution >= 0.6 is 0 Å². The average Bonchev–Trinajstić information content (AvgIpc) is 2.45. The van der Waals surface area contributed by atoms with Crippen LogP contribution in [0.1, 0.15) is 26.2 Å². The van der Waals surface area contributed by atoms with Gasteiger partial charge >= 0.3 is 0 Å². The first-order valence-corrected chi connectivity index (χ1v) is 11.2. The Morgan fingerprint density at radius 3 is 2.36 bits per heavy atom. The summed E-state index contributed by atoms with van der Waals surface area (Å²) in [5.41, 5.74) is 0.619. The minimum Gasteiger partial charge on any atom is -0.370 e. The van der Waals surface area contributed by atoms with E-state index in [9.17, 15) is 16.8 Å². The molecule has 1 saturated heterocycles. The fourth-order valence-electron chi connectivity index (χ4n) is 2.90. The van der Waals surface area contributed by atoms with Gasteiger partial charge in [0.1, 0.15) is 0 Å². The SMILES string of the molecule is CC[C@@H]1CCCN(c2ccc(S(C)(=O)=O)cc2S(C)(=O)=O)C1. The van der Waals surface area contributed by atoms with Crippen molar-refractivity contribution in [3.05, 3.63) is 18.2 Å². The summed E-state index contributed by atoms with van der Waals surface area (Å²) in [5.74, 6) is 0.552. The van der Waals surface area contributed by atoms with Gasteiger partial charge in [-0.15, -0.1) is 0 Å². The molecule has 0 unspecified atom stereocenters. The summed E-state index contributed by atoms with van der Waals surface area (Å²) < 4.78 is 47.6. The lowest BCUT2D eigenvalue weighted by atomic mass is 9.95. The van der Waals surface area contributed by atoms with Crippen LogP contribution in [0.2, 0.25) is 0 Å². The maximum Gasteiger partial charge on any atom is 0.177 e. The van der Waals surface area contributed by atoms with Crippen LogP contribution in [0.3, 0.4) is 0 Å². The minimum absolute atomic E-state index is 0.0423. The molecule has 5 nitrogen and oxygen atoms in total. The Bertz CT molecular complexity index is 754. The lowest BCUT2D eigenvalue weighted by molar-refractivity contribution is 0.403. The molecule has 1 aromatic carbocycles. The summed E-state index contributed by atoms with van der Waals surface area (Å²) in [4.78, 5) is 2.22. The molecular weight excluding hydrogens is 322 g/mol. The highest BCUT2D eigenvalue weighted by molar-refractivity contribution is 7.91. The smallest absolute Gasteiger partial charge is 0.177 e. The molecule has 0 aliphatic carbocycles. The maximum atomic E-state index is 12.1. The molecule has 7 heteroatoms. The third-order valence-electron chi connectivity index (χ3n) is 4.20. The van der Waals surface area contributed by atoms with Gasteiger partial charge in [0.05, 0.1) is 15.5 Å². The zero-order valence-corrected chi connectivity index (χ0v) is 14.9. The largest absolute Gasteiger partial charge is 0.370 e. The Morgan fingerprint density at radius 1 is 1.14 bits per heavy atom. The third kappa shape index (κ3) is 3.81. The standard InChI is InChI=1S/C15H23NO4S2/c1-4-12-6-5-9-16(11-12)14-8-7-13(21(2,17)18)10-15(14)22(3,19)20/h7-8,10,12H,4-6,9,11H2,1-3H3/t12-/m1/s1. The lowest BCUT2D eigenvalue weighted by Gasteiger charge is -2.35. The second-order valence-electron chi connectivity index (χ2n) is 6.04. The van der Waals surface area contributed by atoms with Crippen LogP contribution in [0.4, 0.5) is 5.69 Å². The number of hydrogen-bond donors (Lipinski definition) is 0. The van der Waals surface area contributed by atoms with Crippen LogP contribution in [0.15, 0.2) is 28.0 Å². The number of nitrogens with zero attached hydrogens (tertiary/aromatic N) is 1. The van der Waals surface area contributed by atoms with Gasteiger partial charge in [0, 0.05) is 25.6 Å². The molecule has 0 radical (unpaired) electrons. The van der Waals surface area contributed by atoms with Gasteiger partial charge < -0.3 is 4.90 Å². The maximum absolute atomic E-state index is 12.1. The number of hydrogen-bond acceptors (Lipinski definition) is 5. The molecule has 22 heavy (non-hydrogen) atoms. The van der Waals surface area contributed by atoms with Crippen molar-refractivity contribution in [3.8, 4) is 0 Å². The molecule has 2 rings (SSSR count). The third-order valence-corrected chi connectivity index (χ3v) is 6.43. The minimum atomic E-state index is -3.50. The van der Waals surface area contributed by atoms with Crippen molar-refractivity contribution in [1.82, 2.24) is 0 Å². The highest BCUT2D eigenvalue weighted by Crippen LogP contribution is 2.32. The molecule has 0 bridgehead atoms. The zero-order chi connectivity index (χ0) is 16.5. The van der Waals surface area contributed by atoms with Crippen LogP contribution in [0.25, 0.3) is 0 Å². The van der Waals surface area contributed by atoms with E-state index in [0.717, 1.165) is 44.9 Å². The summed E-state index contributed by atoms with van der Waals surface area (Å²) >= 11 is 0. The Labute approximate surface area is 133 Å². The molecule has 1 aliphatic rings. The number of benzene rings is 1. The fraction of sp³-hybridized carbons (Fsp3) is 0.600. The summed E-state index contributed by atoms with van der Waals surface area (Å²) in [5, 5.41) is 0. The summed E-state index contributed by atoms with van der Waals surface area (Å²) in [6.07, 6.45) is 5.45. The number of sulfone groups is 2. The van der Waals surface area contributed by atoms with Gasteiger partial charge in [-0.1, -0.05) is 13.3 Å². The quantitative estimate of drug-likeness (QED) is 0.836. The Hall–Kier alpha value is -1.08. The monoisotopic (exact) mass is 345 g/mol. The number of rotatable bonds is 4. The van der Waals surface area contributed by atoms with E-state index in [1.54, 1.807) is 6.07 Å². The van der Waals surface area contributed by atoms with Crippen molar-refractivity contribution in [2.24, 2.45) is 5.92 Å². The van der Waals surface area contributed by atoms with E-state index in [2.05, 4.69) is 11.8 Å². The second kappa shape index (κ2) is 6.20. The first-order valence-electron chi connectivity index (χ1n) is 7.42. The number of anilines is 1. The van der Waals surface area contributed by atoms with Crippen LogP contribution in [-0.4, -0.2) is 42.4 Å². The molecule has 1 aliphatic heterocycles. The van der Waals surface area contributed by atoms with Gasteiger partial charge in [-0.3, -0.25) is 0 Å². The molecule has 0 saturated carbocycles. The Balaban J connectivity index is 2.52. The molecule has 1 aromatic rings. The van der Waals surface area contributed by atoms with E-state index < -0.39 is 19.7 Å². The van der Waals surface area contributed by atoms with E-state index in [1.165, 1.54) is 12.1 Å². The normalized spacial score (nSPS) is 20.1. The predicted molar refractivity (Wildman–Crippen MR) is 87.9 cm³/mol. The first-order chi connectivity index (χ1) is 10.1. The predicted octanol–water partition coefficient (Wildman–Crippen LogP) is 2.12. The van der Waals surface area contributed by atoms with Crippen LogP contribution in [0.5, 0.6) is 0 Å². The molecule has 0 N–H and O–H groups in total. The molecular formula is C15H23NO4S2. The second-order valence-corrected chi connectivity index (χ2v) is 10.0. The van der Waals surface area contributed by atoms with Crippen LogP contribution in [-0.2, 0) is 19.7 Å². The average molecular weight is 345 g/mol. The van der Waals surface area contributed by atoms with Crippen molar-refractivity contribution >= 4 is 25.4 Å². The topological polar surface area (TPSA) is 71.5 Å². The van der Waals surface area contributed by atoms with Crippen LogP contribution < -0.4 is 4.90 Å². The van der Waals surface area contributed by atoms with Gasteiger partial charge in [-0.25, -0.2) is 16.8 Å². The molecule has 1 heterocycles. The molecule has 1 fully saturated rings. The van der Waals surface area contributed by atoms with Gasteiger partial charge in [0.2, 0.25) is 0 Å². The van der Waals surface area contributed by atoms with Crippen molar-refractivity contribution in [2.75, 3.05) is 30.5 Å². The lowest BCUT2D eigenvalue weighted by Crippen LogP contribution is -2.36. The van der Waals surface area contributed by atoms with Gasteiger partial charge in [0.15, 0.2) is 19.7 Å². The van der Waals surface area contributed by atoms with Crippen LogP contribution in [0, 0.1) is 5.92 Å². The zero-order valence-electron chi connectivity index (χ0n) is 13.2. The summed E-state index contributed by atoms with van der Waals surface area (Å²) in [6, 6.07) is 4.41. The molecule has 0 aromatic heterocycles. The van der Waals surface area contributed by atoms with Crippen molar-refractivity contribution in [3.63, 3.8) is 0 Å². The van der Waals surface area contributed by atoms with E-state index >= 15 is 0 Å². The van der Waals surface area contributed by atoms with Gasteiger partial charge in [-0.05, 0) is 37.0 Å². The van der Waals surface area contributed by atoms with E-state index in [1.807, 2.05) is 0 Å². The van der Waals surface area contributed by atoms with Gasteiger partial charge in [-0.2, -0.15) is 0 Å². The van der Waals surface area contributed by atoms with Crippen molar-refractivity contribution in [2.45, 2.75) is 36.0 Å². The summed E-state index contributed by atoms with van der Waals surface area (Å²) in [7, 11) is -6.93. The van der Waals surface area contributed by atoms with E-state index in [4.69, 9.17) is 0 Å². The highest BCUT2D eigenvalue weighted by Gasteiger charge is 2.25. The first kappa shape index (κ1) is 17.3. The molecule has 124 valence electrons. The number of piperidine rings is 1. The van der Waals surface area contributed by atoms with Crippen molar-refractivity contribution < 1.29 is 16.8 Å². The Morgan fingerprint density at radius 2 is 1.82 bits per heavy atom. The highest BCUT2D eigenvalue weighted by atomic mass is 32.2. The fourth-order valence-corrected chi connectivity index (χ4v) is 4.54. The van der Waals surface area contributed by atoms with Gasteiger partial charge in [0.25, 0.3) is 0 Å². The molecule has 0 amide bonds. The van der Waals surface area contributed by atoms with E-state index in [-0.39, 0.29) is 9.79 Å². The Kier molecular flexibility index (Phi) is 4.87.